The van der Waals surface area contributed by atoms with E-state index in [4.69, 9.17) is 10.00 Å². The number of hydrogen-bond acceptors (Lipinski definition) is 7. The van der Waals surface area contributed by atoms with Crippen LogP contribution in [0.1, 0.15) is 6.42 Å². The molecular weight excluding hydrogens is 323 g/mol. The normalized spacial score (nSPS) is 11.2. The van der Waals surface area contributed by atoms with E-state index in [1.807, 2.05) is 12.1 Å². The zero-order valence-electron chi connectivity index (χ0n) is 10.4. The van der Waals surface area contributed by atoms with Gasteiger partial charge in [0.05, 0.1) is 6.42 Å². The van der Waals surface area contributed by atoms with Gasteiger partial charge in [-0.15, -0.1) is 9.42 Å². The van der Waals surface area contributed by atoms with E-state index < -0.39 is 14.2 Å². The summed E-state index contributed by atoms with van der Waals surface area (Å²) in [6.45, 7) is 0.479. The van der Waals surface area contributed by atoms with Gasteiger partial charge in [-0.05, 0) is 22.9 Å². The van der Waals surface area contributed by atoms with Crippen molar-refractivity contribution >= 4 is 41.6 Å². The first-order valence-corrected chi connectivity index (χ1v) is 9.04. The molecular formula is C10H14N2O5PS2+. The lowest BCUT2D eigenvalue weighted by Crippen LogP contribution is -2.08. The summed E-state index contributed by atoms with van der Waals surface area (Å²) in [6, 6.07) is 5.42. The van der Waals surface area contributed by atoms with E-state index >= 15 is 0 Å². The Morgan fingerprint density at radius 2 is 2.30 bits per heavy atom. The van der Waals surface area contributed by atoms with Crippen LogP contribution in [0.4, 0.5) is 5.82 Å². The summed E-state index contributed by atoms with van der Waals surface area (Å²) in [6.07, 6.45) is 0.117. The van der Waals surface area contributed by atoms with Crippen LogP contribution in [-0.2, 0) is 13.9 Å². The molecule has 0 aromatic carbocycles. The molecule has 0 aliphatic carbocycles. The second-order valence-corrected chi connectivity index (χ2v) is 6.58. The van der Waals surface area contributed by atoms with Gasteiger partial charge in [-0.2, -0.15) is 0 Å². The topological polar surface area (TPSA) is 109 Å². The summed E-state index contributed by atoms with van der Waals surface area (Å²) in [5, 5.41) is 12.2. The maximum atomic E-state index is 10.4. The average molecular weight is 337 g/mol. The van der Waals surface area contributed by atoms with Crippen molar-refractivity contribution in [3.63, 3.8) is 0 Å². The van der Waals surface area contributed by atoms with Crippen molar-refractivity contribution < 1.29 is 23.9 Å². The van der Waals surface area contributed by atoms with Crippen molar-refractivity contribution in [3.05, 3.63) is 18.2 Å². The number of carbonyl (C=O) groups is 1. The Bertz CT molecular complexity index is 426. The fraction of sp³-hybridized carbons (Fsp3) is 0.400. The first-order valence-electron chi connectivity index (χ1n) is 5.59. The van der Waals surface area contributed by atoms with Crippen molar-refractivity contribution in [3.8, 4) is 0 Å². The van der Waals surface area contributed by atoms with Gasteiger partial charge in [-0.3, -0.25) is 4.79 Å². The summed E-state index contributed by atoms with van der Waals surface area (Å²) in [4.78, 5) is 23.1. The number of nitrogens with one attached hydrogen (secondary N) is 1. The Morgan fingerprint density at radius 3 is 3.00 bits per heavy atom. The van der Waals surface area contributed by atoms with Crippen LogP contribution in [0.15, 0.2) is 23.2 Å². The third-order valence-corrected chi connectivity index (χ3v) is 4.53. The monoisotopic (exact) mass is 337 g/mol. The molecule has 0 fully saturated rings. The zero-order valence-corrected chi connectivity index (χ0v) is 12.9. The lowest BCUT2D eigenvalue weighted by molar-refractivity contribution is -0.136. The predicted octanol–water partition coefficient (Wildman–Crippen LogP) is 2.37. The van der Waals surface area contributed by atoms with Gasteiger partial charge in [0.1, 0.15) is 17.5 Å². The van der Waals surface area contributed by atoms with Gasteiger partial charge in [0, 0.05) is 16.9 Å². The Hall–Kier alpha value is -0.860. The quantitative estimate of drug-likeness (QED) is 0.337. The average Bonchev–Trinajstić information content (AvgIpc) is 2.40. The van der Waals surface area contributed by atoms with Crippen LogP contribution in [-0.4, -0.2) is 39.9 Å². The molecule has 1 heterocycles. The second-order valence-electron chi connectivity index (χ2n) is 3.41. The predicted molar refractivity (Wildman–Crippen MR) is 79.1 cm³/mol. The van der Waals surface area contributed by atoms with Gasteiger partial charge >= 0.3 is 14.2 Å². The minimum Gasteiger partial charge on any atom is -0.481 e. The number of aromatic nitrogens is 1. The Morgan fingerprint density at radius 1 is 1.50 bits per heavy atom. The molecule has 1 atom stereocenters. The molecule has 0 bridgehead atoms. The van der Waals surface area contributed by atoms with Crippen LogP contribution in [0.3, 0.4) is 0 Å². The molecule has 20 heavy (non-hydrogen) atoms. The van der Waals surface area contributed by atoms with Gasteiger partial charge in [0.15, 0.2) is 0 Å². The highest BCUT2D eigenvalue weighted by Crippen LogP contribution is 2.30. The van der Waals surface area contributed by atoms with E-state index in [-0.39, 0.29) is 13.0 Å². The molecule has 110 valence electrons. The molecule has 7 nitrogen and oxygen atoms in total. The van der Waals surface area contributed by atoms with Crippen molar-refractivity contribution in [1.29, 1.82) is 0 Å². The Balaban J connectivity index is 2.29. The zero-order chi connectivity index (χ0) is 14.8. The van der Waals surface area contributed by atoms with E-state index in [1.54, 1.807) is 6.07 Å². The van der Waals surface area contributed by atoms with Gasteiger partial charge in [-0.1, -0.05) is 16.9 Å². The van der Waals surface area contributed by atoms with Gasteiger partial charge in [0.2, 0.25) is 0 Å². The number of pyridine rings is 1. The van der Waals surface area contributed by atoms with Crippen molar-refractivity contribution in [2.24, 2.45) is 0 Å². The van der Waals surface area contributed by atoms with E-state index in [2.05, 4.69) is 14.8 Å². The largest absolute Gasteiger partial charge is 0.694 e. The number of hydrogen-bond donors (Lipinski definition) is 3. The van der Waals surface area contributed by atoms with Gasteiger partial charge < -0.3 is 10.4 Å². The standard InChI is InChI=1S/C10H13N2O5PS2/c13-10(14)4-7-19-20-9-3-1-2-8(12-9)11-5-6-17-18(15)16/h1-3H,4-7H2,(H2-,11,12,13,14,15,16)/p+1. The van der Waals surface area contributed by atoms with Crippen molar-refractivity contribution in [2.45, 2.75) is 11.4 Å². The SMILES string of the molecule is O=C(O)CCSSc1cccc(NCCO[P+](=O)O)n1. The molecule has 10 heteroatoms. The minimum absolute atomic E-state index is 0.109. The number of rotatable bonds is 10. The van der Waals surface area contributed by atoms with Crippen LogP contribution >= 0.6 is 29.8 Å². The summed E-state index contributed by atoms with van der Waals surface area (Å²) in [5.74, 6) is 0.325. The van der Waals surface area contributed by atoms with Crippen LogP contribution in [0.5, 0.6) is 0 Å². The van der Waals surface area contributed by atoms with E-state index in [0.717, 1.165) is 5.03 Å². The Kier molecular flexibility index (Phi) is 8.56. The fourth-order valence-electron chi connectivity index (χ4n) is 1.09. The molecule has 0 radical (unpaired) electrons. The number of carboxylic acids is 1. The maximum absolute atomic E-state index is 10.4. The van der Waals surface area contributed by atoms with Gasteiger partial charge in [0.25, 0.3) is 0 Å². The highest BCUT2D eigenvalue weighted by molar-refractivity contribution is 8.76. The first kappa shape index (κ1) is 17.2. The number of carboxylic acid groups (broad SMARTS) is 1. The second kappa shape index (κ2) is 9.95. The van der Waals surface area contributed by atoms with Crippen molar-refractivity contribution in [2.75, 3.05) is 24.2 Å². The minimum atomic E-state index is -2.57. The highest BCUT2D eigenvalue weighted by atomic mass is 33.1. The molecule has 0 saturated carbocycles. The molecule has 0 aliphatic heterocycles. The van der Waals surface area contributed by atoms with Gasteiger partial charge in [-0.25, -0.2) is 4.98 Å². The fourth-order valence-corrected chi connectivity index (χ4v) is 3.21. The molecule has 3 N–H and O–H groups in total. The summed E-state index contributed by atoms with van der Waals surface area (Å²) in [5.41, 5.74) is 0. The lowest BCUT2D eigenvalue weighted by Gasteiger charge is -2.05. The Labute approximate surface area is 124 Å². The molecule has 1 unspecified atom stereocenters. The summed E-state index contributed by atoms with van der Waals surface area (Å²) in [7, 11) is 0.261. The molecule has 0 amide bonds. The van der Waals surface area contributed by atoms with Crippen molar-refractivity contribution in [1.82, 2.24) is 4.98 Å². The van der Waals surface area contributed by atoms with Crippen LogP contribution in [0, 0.1) is 0 Å². The third kappa shape index (κ3) is 8.34. The first-order chi connectivity index (χ1) is 9.58. The summed E-state index contributed by atoms with van der Waals surface area (Å²) < 4.78 is 14.8. The maximum Gasteiger partial charge on any atom is 0.694 e. The summed E-state index contributed by atoms with van der Waals surface area (Å²) >= 11 is 0. The van der Waals surface area contributed by atoms with E-state index in [0.29, 0.717) is 18.1 Å². The number of anilines is 1. The molecule has 0 saturated heterocycles. The van der Waals surface area contributed by atoms with Crippen LogP contribution in [0.25, 0.3) is 0 Å². The van der Waals surface area contributed by atoms with E-state index in [1.165, 1.54) is 21.6 Å². The smallest absolute Gasteiger partial charge is 0.481 e. The lowest BCUT2D eigenvalue weighted by atomic mass is 10.4. The number of aliphatic carboxylic acids is 1. The molecule has 0 spiro atoms. The van der Waals surface area contributed by atoms with Crippen LogP contribution in [0.2, 0.25) is 0 Å². The molecule has 1 aromatic rings. The molecule has 0 aliphatic rings. The highest BCUT2D eigenvalue weighted by Gasteiger charge is 2.10. The van der Waals surface area contributed by atoms with E-state index in [9.17, 15) is 9.36 Å². The van der Waals surface area contributed by atoms with Crippen LogP contribution < -0.4 is 5.32 Å². The number of nitrogens with zero attached hydrogens (tertiary/aromatic N) is 1. The molecule has 1 rings (SSSR count). The third-order valence-electron chi connectivity index (χ3n) is 1.88. The molecule has 1 aromatic heterocycles.